The Balaban J connectivity index is 2.37. The lowest BCUT2D eigenvalue weighted by Gasteiger charge is -2.21. The highest BCUT2D eigenvalue weighted by molar-refractivity contribution is 5.63. The number of aliphatic hydroxyl groups excluding tert-OH is 1. The van der Waals surface area contributed by atoms with E-state index in [1.54, 1.807) is 12.4 Å². The summed E-state index contributed by atoms with van der Waals surface area (Å²) in [7, 11) is 0. The number of pyridine rings is 1. The fraction of sp³-hybridized carbons (Fsp3) is 0.471. The quantitative estimate of drug-likeness (QED) is 0.729. The molecule has 2 heterocycles. The number of hydrogen-bond donors (Lipinski definition) is 3. The first-order valence-corrected chi connectivity index (χ1v) is 7.93. The second-order valence-corrected chi connectivity index (χ2v) is 6.18. The Morgan fingerprint density at radius 2 is 1.91 bits per heavy atom. The van der Waals surface area contributed by atoms with Crippen LogP contribution in [0, 0.1) is 5.92 Å². The van der Waals surface area contributed by atoms with E-state index in [1.807, 2.05) is 32.0 Å². The fourth-order valence-corrected chi connectivity index (χ4v) is 2.13. The summed E-state index contributed by atoms with van der Waals surface area (Å²) >= 11 is 0. The summed E-state index contributed by atoms with van der Waals surface area (Å²) in [5.41, 5.74) is 1.72. The first-order valence-electron chi connectivity index (χ1n) is 7.93. The number of hydrogen-bond acceptors (Lipinski definition) is 6. The van der Waals surface area contributed by atoms with Gasteiger partial charge in [0, 0.05) is 30.1 Å². The highest BCUT2D eigenvalue weighted by Crippen LogP contribution is 2.22. The topological polar surface area (TPSA) is 83.0 Å². The molecular weight excluding hydrogens is 290 g/mol. The lowest BCUT2D eigenvalue weighted by Crippen LogP contribution is -2.30. The molecule has 0 aliphatic rings. The molecule has 0 aliphatic heterocycles. The Morgan fingerprint density at radius 3 is 2.48 bits per heavy atom. The smallest absolute Gasteiger partial charge is 0.225 e. The van der Waals surface area contributed by atoms with E-state index in [2.05, 4.69) is 39.4 Å². The maximum absolute atomic E-state index is 9.52. The molecule has 3 N–H and O–H groups in total. The van der Waals surface area contributed by atoms with Gasteiger partial charge in [0.1, 0.15) is 5.82 Å². The third kappa shape index (κ3) is 4.89. The van der Waals surface area contributed by atoms with Crippen LogP contribution in [-0.2, 0) is 0 Å². The van der Waals surface area contributed by atoms with Crippen molar-refractivity contribution in [3.63, 3.8) is 0 Å². The number of aromatic nitrogens is 3. The van der Waals surface area contributed by atoms with Crippen LogP contribution in [0.5, 0.6) is 0 Å². The minimum atomic E-state index is -0.0916. The number of nitrogens with one attached hydrogen (secondary N) is 2. The third-order valence-electron chi connectivity index (χ3n) is 3.44. The average Bonchev–Trinajstić information content (AvgIpc) is 2.52. The van der Waals surface area contributed by atoms with Gasteiger partial charge in [0.05, 0.1) is 18.3 Å². The van der Waals surface area contributed by atoms with E-state index in [1.165, 1.54) is 0 Å². The zero-order chi connectivity index (χ0) is 16.8. The lowest BCUT2D eigenvalue weighted by atomic mass is 10.1. The van der Waals surface area contributed by atoms with Crippen molar-refractivity contribution >= 4 is 11.8 Å². The van der Waals surface area contributed by atoms with E-state index >= 15 is 0 Å². The van der Waals surface area contributed by atoms with Crippen molar-refractivity contribution in [1.82, 2.24) is 15.0 Å². The third-order valence-corrected chi connectivity index (χ3v) is 3.44. The molecule has 0 amide bonds. The fourth-order valence-electron chi connectivity index (χ4n) is 2.13. The van der Waals surface area contributed by atoms with Crippen LogP contribution in [0.25, 0.3) is 11.3 Å². The molecule has 2 rings (SSSR count). The minimum absolute atomic E-state index is 0.0328. The molecule has 0 aromatic carbocycles. The minimum Gasteiger partial charge on any atom is -0.394 e. The van der Waals surface area contributed by atoms with Crippen molar-refractivity contribution < 1.29 is 5.11 Å². The van der Waals surface area contributed by atoms with Crippen LogP contribution in [0.2, 0.25) is 0 Å². The van der Waals surface area contributed by atoms with Crippen molar-refractivity contribution in [2.45, 2.75) is 39.8 Å². The van der Waals surface area contributed by atoms with Gasteiger partial charge in [-0.05, 0) is 31.9 Å². The molecule has 1 atom stereocenters. The summed E-state index contributed by atoms with van der Waals surface area (Å²) in [6.45, 7) is 8.25. The second-order valence-electron chi connectivity index (χ2n) is 6.18. The molecule has 0 aliphatic carbocycles. The van der Waals surface area contributed by atoms with E-state index in [-0.39, 0.29) is 24.6 Å². The summed E-state index contributed by atoms with van der Waals surface area (Å²) < 4.78 is 0. The largest absolute Gasteiger partial charge is 0.394 e. The maximum Gasteiger partial charge on any atom is 0.225 e. The van der Waals surface area contributed by atoms with Gasteiger partial charge in [-0.2, -0.15) is 4.98 Å². The van der Waals surface area contributed by atoms with Gasteiger partial charge in [-0.1, -0.05) is 13.8 Å². The summed E-state index contributed by atoms with van der Waals surface area (Å²) in [6, 6.07) is 5.92. The van der Waals surface area contributed by atoms with E-state index in [4.69, 9.17) is 0 Å². The molecular formula is C17H25N5O. The van der Waals surface area contributed by atoms with Crippen molar-refractivity contribution in [3.8, 4) is 11.3 Å². The van der Waals surface area contributed by atoms with E-state index in [9.17, 15) is 5.11 Å². The molecule has 0 spiro atoms. The van der Waals surface area contributed by atoms with Crippen LogP contribution in [-0.4, -0.2) is 38.7 Å². The lowest BCUT2D eigenvalue weighted by molar-refractivity contribution is 0.248. The van der Waals surface area contributed by atoms with Crippen LogP contribution in [0.3, 0.4) is 0 Å². The van der Waals surface area contributed by atoms with Crippen molar-refractivity contribution in [2.75, 3.05) is 17.2 Å². The van der Waals surface area contributed by atoms with Gasteiger partial charge < -0.3 is 15.7 Å². The Kier molecular flexibility index (Phi) is 5.87. The Morgan fingerprint density at radius 1 is 1.13 bits per heavy atom. The first-order chi connectivity index (χ1) is 11.0. The van der Waals surface area contributed by atoms with Gasteiger partial charge in [-0.3, -0.25) is 4.98 Å². The van der Waals surface area contributed by atoms with Gasteiger partial charge in [-0.25, -0.2) is 4.98 Å². The Hall–Kier alpha value is -2.21. The number of aliphatic hydroxyl groups is 1. The van der Waals surface area contributed by atoms with Crippen LogP contribution in [0.15, 0.2) is 30.6 Å². The highest BCUT2D eigenvalue weighted by Gasteiger charge is 2.15. The van der Waals surface area contributed by atoms with Crippen LogP contribution in [0.1, 0.15) is 27.7 Å². The average molecular weight is 315 g/mol. The molecule has 0 fully saturated rings. The van der Waals surface area contributed by atoms with Gasteiger partial charge in [0.2, 0.25) is 5.95 Å². The Bertz CT molecular complexity index is 616. The van der Waals surface area contributed by atoms with Crippen molar-refractivity contribution in [3.05, 3.63) is 30.6 Å². The highest BCUT2D eigenvalue weighted by atomic mass is 16.3. The summed E-state index contributed by atoms with van der Waals surface area (Å²) in [5.74, 6) is 1.52. The summed E-state index contributed by atoms with van der Waals surface area (Å²) in [6.07, 6.45) is 3.51. The predicted octanol–water partition coefficient (Wildman–Crippen LogP) is 2.79. The molecule has 2 aromatic rings. The van der Waals surface area contributed by atoms with E-state index < -0.39 is 0 Å². The molecule has 0 radical (unpaired) electrons. The van der Waals surface area contributed by atoms with Crippen LogP contribution >= 0.6 is 0 Å². The number of rotatable bonds is 7. The molecule has 124 valence electrons. The summed E-state index contributed by atoms with van der Waals surface area (Å²) in [4.78, 5) is 13.2. The van der Waals surface area contributed by atoms with Gasteiger partial charge in [0.25, 0.3) is 0 Å². The predicted molar refractivity (Wildman–Crippen MR) is 93.4 cm³/mol. The zero-order valence-electron chi connectivity index (χ0n) is 14.1. The molecule has 2 aromatic heterocycles. The second kappa shape index (κ2) is 7.87. The van der Waals surface area contributed by atoms with Gasteiger partial charge in [-0.15, -0.1) is 0 Å². The van der Waals surface area contributed by atoms with Crippen LogP contribution in [0.4, 0.5) is 11.8 Å². The van der Waals surface area contributed by atoms with E-state index in [0.717, 1.165) is 17.1 Å². The molecule has 0 bridgehead atoms. The molecule has 0 unspecified atom stereocenters. The maximum atomic E-state index is 9.52. The van der Waals surface area contributed by atoms with E-state index in [0.29, 0.717) is 5.95 Å². The molecule has 0 saturated heterocycles. The van der Waals surface area contributed by atoms with Gasteiger partial charge >= 0.3 is 0 Å². The SMILES string of the molecule is CC(C)Nc1cc(-c2cccnc2)nc(N[C@H](CO)C(C)C)n1. The van der Waals surface area contributed by atoms with Crippen LogP contribution < -0.4 is 10.6 Å². The standard InChI is InChI=1S/C17H25N5O/c1-11(2)15(10-23)21-17-20-14(13-6-5-7-18-9-13)8-16(22-17)19-12(3)4/h5-9,11-12,15,23H,10H2,1-4H3,(H2,19,20,21,22)/t15-/m1/s1. The molecule has 0 saturated carbocycles. The number of nitrogens with zero attached hydrogens (tertiary/aromatic N) is 3. The molecule has 6 nitrogen and oxygen atoms in total. The number of anilines is 2. The first kappa shape index (κ1) is 17.1. The Labute approximate surface area is 137 Å². The van der Waals surface area contributed by atoms with Gasteiger partial charge in [0.15, 0.2) is 0 Å². The van der Waals surface area contributed by atoms with Crippen molar-refractivity contribution in [1.29, 1.82) is 0 Å². The summed E-state index contributed by atoms with van der Waals surface area (Å²) in [5, 5.41) is 16.0. The van der Waals surface area contributed by atoms with Crippen molar-refractivity contribution in [2.24, 2.45) is 5.92 Å². The molecule has 23 heavy (non-hydrogen) atoms. The zero-order valence-corrected chi connectivity index (χ0v) is 14.1. The normalized spacial score (nSPS) is 12.5. The molecule has 6 heteroatoms. The monoisotopic (exact) mass is 315 g/mol.